The Balaban J connectivity index is 0.00000528. The van der Waals surface area contributed by atoms with Gasteiger partial charge in [-0.2, -0.15) is 0 Å². The van der Waals surface area contributed by atoms with Crippen LogP contribution in [0.15, 0.2) is 164 Å². The first-order chi connectivity index (χ1) is 28.4. The Labute approximate surface area is 355 Å². The third-order valence-electron chi connectivity index (χ3n) is 10.1. The summed E-state index contributed by atoms with van der Waals surface area (Å²) >= 11 is 0. The molecule has 0 saturated carbocycles. The second kappa shape index (κ2) is 18.6. The second-order valence-corrected chi connectivity index (χ2v) is 14.0. The van der Waals surface area contributed by atoms with E-state index in [9.17, 15) is 19.8 Å². The van der Waals surface area contributed by atoms with Gasteiger partial charge in [0.05, 0.1) is 11.5 Å². The number of hydrogen-bond donors (Lipinski definition) is 2. The maximum absolute atomic E-state index is 11.4. The average Bonchev–Trinajstić information content (AvgIpc) is 3.28. The Kier molecular flexibility index (Phi) is 12.7. The van der Waals surface area contributed by atoms with Crippen LogP contribution in [0.3, 0.4) is 0 Å². The number of carboxylic acids is 2. The zero-order chi connectivity index (χ0) is 39.8. The van der Waals surface area contributed by atoms with Gasteiger partial charge in [-0.25, -0.2) is 19.6 Å². The van der Waals surface area contributed by atoms with Crippen LogP contribution in [0.4, 0.5) is 0 Å². The van der Waals surface area contributed by atoms with Crippen molar-refractivity contribution in [2.45, 2.75) is 25.7 Å². The molecule has 0 saturated heterocycles. The zero-order valence-electron chi connectivity index (χ0n) is 31.7. The fraction of sp³-hybridized carbons (Fsp3) is 0.0800. The summed E-state index contributed by atoms with van der Waals surface area (Å²) in [6.45, 7) is 0. The molecule has 0 amide bonds. The van der Waals surface area contributed by atoms with Crippen LogP contribution in [0.5, 0.6) is 0 Å². The normalized spacial score (nSPS) is 10.8. The number of aromatic carboxylic acids is 2. The van der Waals surface area contributed by atoms with Crippen molar-refractivity contribution >= 4 is 11.9 Å². The first-order valence-corrected chi connectivity index (χ1v) is 19.0. The van der Waals surface area contributed by atoms with Crippen LogP contribution in [-0.4, -0.2) is 42.1 Å². The Morgan fingerprint density at radius 3 is 1.58 bits per heavy atom. The summed E-state index contributed by atoms with van der Waals surface area (Å²) < 4.78 is 0. The summed E-state index contributed by atoms with van der Waals surface area (Å²) in [5, 5.41) is 18.7. The van der Waals surface area contributed by atoms with E-state index in [4.69, 9.17) is 9.97 Å². The standard InChI is InChI=1S/C50H37N4O4.Ir/c55-49(56)45-25-19-33(30-51-45)15-17-35-27-36(18-16-34-20-26-46(50(57)58)52-31-34)29-41(28-35)42-13-7-8-14-43(42)44-32-53-48(40-11-5-2-6-12-40)54-47(44)39-23-21-38(22-24-39)37-9-3-1-4-10-37;/h1-11,13-14,19-32H,15-18H2,(H,55,56)(H,57,58);/q-1;. The van der Waals surface area contributed by atoms with E-state index in [1.54, 1.807) is 12.4 Å². The fourth-order valence-corrected chi connectivity index (χ4v) is 7.06. The molecule has 0 aliphatic heterocycles. The van der Waals surface area contributed by atoms with Gasteiger partial charge in [-0.1, -0.05) is 109 Å². The van der Waals surface area contributed by atoms with Gasteiger partial charge in [0.15, 0.2) is 0 Å². The van der Waals surface area contributed by atoms with Crippen LogP contribution in [0.1, 0.15) is 43.2 Å². The molecule has 3 heterocycles. The van der Waals surface area contributed by atoms with Gasteiger partial charge >= 0.3 is 11.9 Å². The third-order valence-corrected chi connectivity index (χ3v) is 10.1. The Bertz CT molecular complexity index is 2630. The van der Waals surface area contributed by atoms with Gasteiger partial charge in [-0.3, -0.25) is 9.97 Å². The zero-order valence-corrected chi connectivity index (χ0v) is 34.1. The molecule has 2 N–H and O–H groups in total. The predicted octanol–water partition coefficient (Wildman–Crippen LogP) is 10.4. The van der Waals surface area contributed by atoms with Crippen LogP contribution >= 0.6 is 0 Å². The van der Waals surface area contributed by atoms with Crippen molar-refractivity contribution in [2.75, 3.05) is 0 Å². The number of benzene rings is 5. The maximum atomic E-state index is 11.4. The van der Waals surface area contributed by atoms with Crippen LogP contribution in [-0.2, 0) is 45.8 Å². The summed E-state index contributed by atoms with van der Waals surface area (Å²) in [7, 11) is 0. The molecule has 8 aromatic rings. The summed E-state index contributed by atoms with van der Waals surface area (Å²) in [4.78, 5) is 41.1. The number of aryl methyl sites for hydroxylation is 4. The summed E-state index contributed by atoms with van der Waals surface area (Å²) in [5.74, 6) is -1.52. The second-order valence-electron chi connectivity index (χ2n) is 14.0. The maximum Gasteiger partial charge on any atom is 0.354 e. The molecule has 8 rings (SSSR count). The molecule has 0 aliphatic rings. The summed E-state index contributed by atoms with van der Waals surface area (Å²) in [6.07, 6.45) is 7.92. The van der Waals surface area contributed by atoms with E-state index in [0.717, 1.165) is 72.5 Å². The smallest absolute Gasteiger partial charge is 0.354 e. The number of aromatic nitrogens is 4. The molecule has 3 aromatic heterocycles. The number of nitrogens with zero attached hydrogens (tertiary/aromatic N) is 4. The molecule has 8 nitrogen and oxygen atoms in total. The van der Waals surface area contributed by atoms with Crippen molar-refractivity contribution < 1.29 is 39.9 Å². The van der Waals surface area contributed by atoms with Crippen molar-refractivity contribution in [1.82, 2.24) is 19.9 Å². The average molecular weight is 950 g/mol. The molecule has 0 unspecified atom stereocenters. The molecule has 0 spiro atoms. The molecule has 0 fully saturated rings. The minimum Gasteiger partial charge on any atom is -0.477 e. The van der Waals surface area contributed by atoms with E-state index in [-0.39, 0.29) is 31.5 Å². The molecular weight excluding hydrogens is 913 g/mol. The van der Waals surface area contributed by atoms with Crippen molar-refractivity contribution in [3.05, 3.63) is 204 Å². The largest absolute Gasteiger partial charge is 0.477 e. The molecule has 0 aliphatic carbocycles. The van der Waals surface area contributed by atoms with Gasteiger partial charge in [-0.05, 0) is 93.5 Å². The SMILES string of the molecule is O=C(O)c1ccc(CCc2cc(CCc3ccc(C(=O)O)nc3)cc(-c3ccccc3-c3cnc(-c4[c-]cccc4)nc3-c3ccc(-c4ccccc4)cc3)c2)cn1.[Ir]. The van der Waals surface area contributed by atoms with Gasteiger partial charge in [0.25, 0.3) is 0 Å². The van der Waals surface area contributed by atoms with Gasteiger partial charge in [0, 0.05) is 44.3 Å². The van der Waals surface area contributed by atoms with Crippen LogP contribution in [0.2, 0.25) is 0 Å². The molecule has 291 valence electrons. The number of carboxylic acid groups (broad SMARTS) is 2. The molecular formula is C50H37IrN4O4-. The van der Waals surface area contributed by atoms with Crippen molar-refractivity contribution in [3.63, 3.8) is 0 Å². The van der Waals surface area contributed by atoms with Crippen molar-refractivity contribution in [1.29, 1.82) is 0 Å². The third kappa shape index (κ3) is 9.62. The van der Waals surface area contributed by atoms with Gasteiger partial charge in [-0.15, -0.1) is 35.9 Å². The first-order valence-electron chi connectivity index (χ1n) is 19.0. The Hall–Kier alpha value is -6.93. The van der Waals surface area contributed by atoms with Crippen molar-refractivity contribution in [3.8, 4) is 56.0 Å². The predicted molar refractivity (Wildman–Crippen MR) is 225 cm³/mol. The minimum absolute atomic E-state index is 0. The van der Waals surface area contributed by atoms with Crippen molar-refractivity contribution in [2.24, 2.45) is 0 Å². The molecule has 5 aromatic carbocycles. The van der Waals surface area contributed by atoms with Gasteiger partial charge < -0.3 is 10.2 Å². The Morgan fingerprint density at radius 2 is 1.02 bits per heavy atom. The number of pyridine rings is 2. The molecule has 0 atom stereocenters. The topological polar surface area (TPSA) is 126 Å². The fourth-order valence-electron chi connectivity index (χ4n) is 7.06. The monoisotopic (exact) mass is 950 g/mol. The van der Waals surface area contributed by atoms with E-state index in [1.807, 2.05) is 72.9 Å². The molecule has 9 heteroatoms. The van der Waals surface area contributed by atoms with Gasteiger partial charge in [0.1, 0.15) is 11.4 Å². The van der Waals surface area contributed by atoms with E-state index < -0.39 is 11.9 Å². The minimum atomic E-state index is -1.05. The van der Waals surface area contributed by atoms with Crippen LogP contribution < -0.4 is 0 Å². The van der Waals surface area contributed by atoms with Crippen LogP contribution in [0.25, 0.3) is 56.0 Å². The number of rotatable bonds is 13. The quantitative estimate of drug-likeness (QED) is 0.109. The van der Waals surface area contributed by atoms with E-state index in [2.05, 4.69) is 82.8 Å². The Morgan fingerprint density at radius 1 is 0.475 bits per heavy atom. The molecule has 0 bridgehead atoms. The van der Waals surface area contributed by atoms with E-state index in [1.165, 1.54) is 12.1 Å². The molecule has 1 radical (unpaired) electrons. The summed E-state index contributed by atoms with van der Waals surface area (Å²) in [5.41, 5.74) is 12.9. The molecule has 59 heavy (non-hydrogen) atoms. The van der Waals surface area contributed by atoms with E-state index >= 15 is 0 Å². The summed E-state index contributed by atoms with van der Waals surface area (Å²) in [6, 6.07) is 51.4. The van der Waals surface area contributed by atoms with Gasteiger partial charge in [0.2, 0.25) is 0 Å². The number of hydrogen-bond acceptors (Lipinski definition) is 6. The first kappa shape index (κ1) is 40.3. The van der Waals surface area contributed by atoms with Crippen LogP contribution in [0, 0.1) is 6.07 Å². The number of carbonyl (C=O) groups is 2. The van der Waals surface area contributed by atoms with E-state index in [0.29, 0.717) is 31.5 Å².